The van der Waals surface area contributed by atoms with Gasteiger partial charge in [0.2, 0.25) is 0 Å². The molecule has 1 fully saturated rings. The average Bonchev–Trinajstić information content (AvgIpc) is 2.04. The van der Waals surface area contributed by atoms with Gasteiger partial charge in [0.25, 0.3) is 0 Å². The molecule has 1 heterocycles. The minimum atomic E-state index is 0.215. The lowest BCUT2D eigenvalue weighted by Crippen LogP contribution is -2.43. The Balaban J connectivity index is 2.52. The van der Waals surface area contributed by atoms with Crippen LogP contribution in [0.4, 0.5) is 0 Å². The molecular formula is C9H19NO. The second-order valence-electron chi connectivity index (χ2n) is 3.85. The number of hydrogen-bond acceptors (Lipinski definition) is 2. The van der Waals surface area contributed by atoms with Crippen LogP contribution in [0.1, 0.15) is 26.2 Å². The van der Waals surface area contributed by atoms with Crippen LogP contribution in [0, 0.1) is 5.41 Å². The van der Waals surface area contributed by atoms with Gasteiger partial charge < -0.3 is 10.0 Å². The van der Waals surface area contributed by atoms with Crippen LogP contribution in [0.2, 0.25) is 0 Å². The Morgan fingerprint density at radius 2 is 2.27 bits per heavy atom. The summed E-state index contributed by atoms with van der Waals surface area (Å²) < 4.78 is 0. The van der Waals surface area contributed by atoms with Crippen molar-refractivity contribution < 1.29 is 5.11 Å². The monoisotopic (exact) mass is 157 g/mol. The van der Waals surface area contributed by atoms with E-state index in [0.717, 1.165) is 13.0 Å². The molecule has 1 atom stereocenters. The van der Waals surface area contributed by atoms with Gasteiger partial charge in [-0.3, -0.25) is 0 Å². The second-order valence-corrected chi connectivity index (χ2v) is 3.85. The third-order valence-corrected chi connectivity index (χ3v) is 2.94. The van der Waals surface area contributed by atoms with Crippen LogP contribution in [-0.4, -0.2) is 36.8 Å². The Labute approximate surface area is 69.2 Å². The van der Waals surface area contributed by atoms with Crippen LogP contribution >= 0.6 is 0 Å². The largest absolute Gasteiger partial charge is 0.396 e. The maximum absolute atomic E-state index is 9.23. The van der Waals surface area contributed by atoms with Crippen molar-refractivity contribution in [3.63, 3.8) is 0 Å². The zero-order valence-electron chi connectivity index (χ0n) is 7.64. The first-order chi connectivity index (χ1) is 5.22. The molecule has 2 heteroatoms. The van der Waals surface area contributed by atoms with E-state index in [-0.39, 0.29) is 5.41 Å². The SMILES string of the molecule is CCC1(CO)CCCN(C)C1. The summed E-state index contributed by atoms with van der Waals surface area (Å²) in [4.78, 5) is 2.32. The summed E-state index contributed by atoms with van der Waals surface area (Å²) in [6, 6.07) is 0. The second kappa shape index (κ2) is 3.55. The zero-order valence-corrected chi connectivity index (χ0v) is 7.64. The smallest absolute Gasteiger partial charge is 0.0499 e. The van der Waals surface area contributed by atoms with Crippen molar-refractivity contribution in [1.82, 2.24) is 4.90 Å². The lowest BCUT2D eigenvalue weighted by Gasteiger charge is -2.39. The van der Waals surface area contributed by atoms with E-state index in [0.29, 0.717) is 6.61 Å². The number of hydrogen-bond donors (Lipinski definition) is 1. The van der Waals surface area contributed by atoms with E-state index < -0.39 is 0 Å². The van der Waals surface area contributed by atoms with E-state index in [1.54, 1.807) is 0 Å². The fourth-order valence-corrected chi connectivity index (χ4v) is 1.98. The number of nitrogens with zero attached hydrogens (tertiary/aromatic N) is 1. The van der Waals surface area contributed by atoms with Crippen molar-refractivity contribution >= 4 is 0 Å². The molecule has 66 valence electrons. The molecule has 0 radical (unpaired) electrons. The number of aliphatic hydroxyl groups excluding tert-OH is 1. The molecule has 11 heavy (non-hydrogen) atoms. The van der Waals surface area contributed by atoms with Gasteiger partial charge in [-0.1, -0.05) is 6.92 Å². The lowest BCUT2D eigenvalue weighted by atomic mass is 9.78. The molecule has 1 rings (SSSR count). The normalized spacial score (nSPS) is 34.1. The molecule has 0 bridgehead atoms. The van der Waals surface area contributed by atoms with Gasteiger partial charge in [-0.15, -0.1) is 0 Å². The van der Waals surface area contributed by atoms with Crippen LogP contribution in [0.5, 0.6) is 0 Å². The summed E-state index contributed by atoms with van der Waals surface area (Å²) in [7, 11) is 2.14. The standard InChI is InChI=1S/C9H19NO/c1-3-9(8-11)5-4-6-10(2)7-9/h11H,3-8H2,1-2H3. The molecule has 0 aromatic rings. The van der Waals surface area contributed by atoms with Gasteiger partial charge in [0.15, 0.2) is 0 Å². The highest BCUT2D eigenvalue weighted by Crippen LogP contribution is 2.31. The first-order valence-electron chi connectivity index (χ1n) is 4.52. The molecule has 0 aliphatic carbocycles. The Hall–Kier alpha value is -0.0800. The number of aliphatic hydroxyl groups is 1. The first-order valence-corrected chi connectivity index (χ1v) is 4.52. The van der Waals surface area contributed by atoms with E-state index in [1.165, 1.54) is 19.4 Å². The van der Waals surface area contributed by atoms with Gasteiger partial charge in [0.1, 0.15) is 0 Å². The maximum atomic E-state index is 9.23. The van der Waals surface area contributed by atoms with E-state index in [1.807, 2.05) is 0 Å². The molecule has 0 aromatic heterocycles. The molecular weight excluding hydrogens is 138 g/mol. The quantitative estimate of drug-likeness (QED) is 0.649. The molecule has 1 N–H and O–H groups in total. The topological polar surface area (TPSA) is 23.5 Å². The summed E-state index contributed by atoms with van der Waals surface area (Å²) in [6.07, 6.45) is 3.54. The third-order valence-electron chi connectivity index (χ3n) is 2.94. The van der Waals surface area contributed by atoms with Crippen molar-refractivity contribution in [3.05, 3.63) is 0 Å². The van der Waals surface area contributed by atoms with E-state index in [4.69, 9.17) is 0 Å². The first kappa shape index (κ1) is 9.01. The third kappa shape index (κ3) is 1.94. The van der Waals surface area contributed by atoms with Gasteiger partial charge in [0, 0.05) is 18.6 Å². The molecule has 0 amide bonds. The van der Waals surface area contributed by atoms with Gasteiger partial charge in [-0.2, -0.15) is 0 Å². The summed E-state index contributed by atoms with van der Waals surface area (Å²) in [5, 5.41) is 9.23. The number of likely N-dealkylation sites (tertiary alicyclic amines) is 1. The predicted octanol–water partition coefficient (Wildman–Crippen LogP) is 1.10. The van der Waals surface area contributed by atoms with Crippen molar-refractivity contribution in [1.29, 1.82) is 0 Å². The van der Waals surface area contributed by atoms with E-state index in [2.05, 4.69) is 18.9 Å². The van der Waals surface area contributed by atoms with Crippen molar-refractivity contribution in [2.75, 3.05) is 26.7 Å². The average molecular weight is 157 g/mol. The highest BCUT2D eigenvalue weighted by atomic mass is 16.3. The highest BCUT2D eigenvalue weighted by molar-refractivity contribution is 4.84. The van der Waals surface area contributed by atoms with Crippen molar-refractivity contribution in [3.8, 4) is 0 Å². The fraction of sp³-hybridized carbons (Fsp3) is 1.00. The molecule has 0 aromatic carbocycles. The van der Waals surface area contributed by atoms with E-state index in [9.17, 15) is 5.11 Å². The van der Waals surface area contributed by atoms with Gasteiger partial charge in [0.05, 0.1) is 0 Å². The Morgan fingerprint density at radius 1 is 1.55 bits per heavy atom. The van der Waals surface area contributed by atoms with Gasteiger partial charge in [-0.25, -0.2) is 0 Å². The minimum absolute atomic E-state index is 0.215. The Bertz CT molecular complexity index is 121. The van der Waals surface area contributed by atoms with Crippen molar-refractivity contribution in [2.24, 2.45) is 5.41 Å². The summed E-state index contributed by atoms with van der Waals surface area (Å²) >= 11 is 0. The molecule has 1 aliphatic rings. The van der Waals surface area contributed by atoms with Crippen LogP contribution in [0.15, 0.2) is 0 Å². The van der Waals surface area contributed by atoms with E-state index >= 15 is 0 Å². The molecule has 1 aliphatic heterocycles. The summed E-state index contributed by atoms with van der Waals surface area (Å²) in [5.74, 6) is 0. The van der Waals surface area contributed by atoms with Crippen LogP contribution in [0.3, 0.4) is 0 Å². The minimum Gasteiger partial charge on any atom is -0.396 e. The molecule has 1 saturated heterocycles. The van der Waals surface area contributed by atoms with Gasteiger partial charge in [-0.05, 0) is 32.9 Å². The predicted molar refractivity (Wildman–Crippen MR) is 46.5 cm³/mol. The van der Waals surface area contributed by atoms with Gasteiger partial charge >= 0.3 is 0 Å². The van der Waals surface area contributed by atoms with Crippen LogP contribution < -0.4 is 0 Å². The van der Waals surface area contributed by atoms with Crippen LogP contribution in [0.25, 0.3) is 0 Å². The Morgan fingerprint density at radius 3 is 2.64 bits per heavy atom. The lowest BCUT2D eigenvalue weighted by molar-refractivity contribution is 0.0406. The number of rotatable bonds is 2. The highest BCUT2D eigenvalue weighted by Gasteiger charge is 2.31. The maximum Gasteiger partial charge on any atom is 0.0499 e. The Kier molecular flexibility index (Phi) is 2.90. The zero-order chi connectivity index (χ0) is 8.32. The molecule has 0 saturated carbocycles. The summed E-state index contributed by atoms with van der Waals surface area (Å²) in [5.41, 5.74) is 0.215. The molecule has 1 unspecified atom stereocenters. The molecule has 2 nitrogen and oxygen atoms in total. The molecule has 0 spiro atoms. The van der Waals surface area contributed by atoms with Crippen LogP contribution in [-0.2, 0) is 0 Å². The number of piperidine rings is 1. The fourth-order valence-electron chi connectivity index (χ4n) is 1.98. The summed E-state index contributed by atoms with van der Waals surface area (Å²) in [6.45, 7) is 4.80. The van der Waals surface area contributed by atoms with Crippen molar-refractivity contribution in [2.45, 2.75) is 26.2 Å².